The van der Waals surface area contributed by atoms with Crippen LogP contribution in [0.2, 0.25) is 0 Å². The number of methoxy groups -OCH3 is 1. The van der Waals surface area contributed by atoms with Gasteiger partial charge in [-0.1, -0.05) is 36.0 Å². The van der Waals surface area contributed by atoms with E-state index in [1.165, 1.54) is 0 Å². The molecular formula is C20H22N4O2S. The molecule has 3 aromatic rings. The van der Waals surface area contributed by atoms with Gasteiger partial charge in [0.05, 0.1) is 7.11 Å². The Bertz CT molecular complexity index is 955. The third-order valence-corrected chi connectivity index (χ3v) is 5.38. The number of aromatic nitrogens is 4. The average Bonchev–Trinajstić information content (AvgIpc) is 3.06. The lowest BCUT2D eigenvalue weighted by atomic mass is 10.0. The molecule has 0 N–H and O–H groups in total. The molecule has 3 rings (SSSR count). The Morgan fingerprint density at radius 2 is 2.11 bits per heavy atom. The van der Waals surface area contributed by atoms with Gasteiger partial charge in [-0.05, 0) is 36.6 Å². The van der Waals surface area contributed by atoms with E-state index in [0.717, 1.165) is 21.8 Å². The zero-order valence-electron chi connectivity index (χ0n) is 15.8. The molecule has 140 valence electrons. The molecule has 0 aliphatic rings. The minimum Gasteiger partial charge on any atom is -0.481 e. The number of carbonyl (C=O) groups excluding carboxylic acids is 1. The molecular weight excluding hydrogens is 360 g/mol. The monoisotopic (exact) mass is 382 g/mol. The summed E-state index contributed by atoms with van der Waals surface area (Å²) in [5.74, 6) is 0.434. The van der Waals surface area contributed by atoms with Crippen LogP contribution in [-0.4, -0.2) is 32.6 Å². The number of hydrogen-bond donors (Lipinski definition) is 0. The summed E-state index contributed by atoms with van der Waals surface area (Å²) in [5.41, 5.74) is 3.49. The largest absolute Gasteiger partial charge is 0.481 e. The number of aryl methyl sites for hydroxylation is 2. The number of carbonyl (C=O) groups is 1. The molecule has 0 saturated heterocycles. The second-order valence-electron chi connectivity index (χ2n) is 6.40. The zero-order chi connectivity index (χ0) is 19.4. The molecule has 27 heavy (non-hydrogen) atoms. The number of rotatable bonds is 7. The summed E-state index contributed by atoms with van der Waals surface area (Å²) in [4.78, 5) is 16.9. The number of ether oxygens (including phenoxy) is 1. The Labute approximate surface area is 163 Å². The van der Waals surface area contributed by atoms with Gasteiger partial charge in [-0.15, -0.1) is 10.2 Å². The van der Waals surface area contributed by atoms with Crippen molar-refractivity contribution in [2.45, 2.75) is 30.7 Å². The van der Waals surface area contributed by atoms with Crippen LogP contribution in [0.3, 0.4) is 0 Å². The van der Waals surface area contributed by atoms with E-state index >= 15 is 0 Å². The highest BCUT2D eigenvalue weighted by Crippen LogP contribution is 2.33. The molecule has 0 amide bonds. The highest BCUT2D eigenvalue weighted by molar-refractivity contribution is 7.99. The Morgan fingerprint density at radius 3 is 2.81 bits per heavy atom. The van der Waals surface area contributed by atoms with Crippen molar-refractivity contribution >= 4 is 17.5 Å². The standard InChI is InChI=1S/C20H22N4O2S/c1-13-8-17(22-19(9-13)26-4)18(25)11-15-6-5-7-16(10-15)14(2)27-20-23-21-12-24(20)3/h5-10,12,14H,11H2,1-4H3/t14-/m0/s1. The van der Waals surface area contributed by atoms with Gasteiger partial charge >= 0.3 is 0 Å². The summed E-state index contributed by atoms with van der Waals surface area (Å²) < 4.78 is 7.06. The van der Waals surface area contributed by atoms with E-state index in [4.69, 9.17) is 4.74 Å². The van der Waals surface area contributed by atoms with Crippen LogP contribution in [-0.2, 0) is 13.5 Å². The van der Waals surface area contributed by atoms with Gasteiger partial charge in [0.1, 0.15) is 12.0 Å². The number of pyridine rings is 1. The third-order valence-electron chi connectivity index (χ3n) is 4.18. The lowest BCUT2D eigenvalue weighted by Crippen LogP contribution is -2.08. The summed E-state index contributed by atoms with van der Waals surface area (Å²) in [6.07, 6.45) is 1.99. The summed E-state index contributed by atoms with van der Waals surface area (Å²) in [6.45, 7) is 4.04. The number of benzene rings is 1. The molecule has 0 saturated carbocycles. The van der Waals surface area contributed by atoms with Crippen molar-refractivity contribution in [1.29, 1.82) is 0 Å². The summed E-state index contributed by atoms with van der Waals surface area (Å²) in [5, 5.41) is 9.08. The number of Topliss-reactive ketones (excluding diaryl/α,β-unsaturated/α-hetero) is 1. The normalized spacial score (nSPS) is 12.0. The molecule has 0 spiro atoms. The summed E-state index contributed by atoms with van der Waals surface area (Å²) >= 11 is 1.64. The third kappa shape index (κ3) is 4.74. The molecule has 0 bridgehead atoms. The lowest BCUT2D eigenvalue weighted by molar-refractivity contribution is 0.0987. The second kappa shape index (κ2) is 8.35. The van der Waals surface area contributed by atoms with Gasteiger partial charge in [0.2, 0.25) is 5.88 Å². The fourth-order valence-electron chi connectivity index (χ4n) is 2.72. The number of thioether (sulfide) groups is 1. The minimum atomic E-state index is -0.0252. The van der Waals surface area contributed by atoms with Crippen LogP contribution in [0.5, 0.6) is 5.88 Å². The molecule has 2 aromatic heterocycles. The second-order valence-corrected chi connectivity index (χ2v) is 7.71. The van der Waals surface area contributed by atoms with E-state index in [-0.39, 0.29) is 11.0 Å². The summed E-state index contributed by atoms with van der Waals surface area (Å²) in [7, 11) is 3.48. The van der Waals surface area contributed by atoms with Crippen molar-refractivity contribution in [2.24, 2.45) is 7.05 Å². The maximum Gasteiger partial charge on any atom is 0.213 e. The molecule has 0 fully saturated rings. The molecule has 6 nitrogen and oxygen atoms in total. The average molecular weight is 382 g/mol. The van der Waals surface area contributed by atoms with E-state index in [1.807, 2.05) is 36.7 Å². The van der Waals surface area contributed by atoms with Gasteiger partial charge in [-0.25, -0.2) is 4.98 Å². The molecule has 0 aliphatic heterocycles. The Kier molecular flexibility index (Phi) is 5.91. The van der Waals surface area contributed by atoms with Crippen molar-refractivity contribution < 1.29 is 9.53 Å². The van der Waals surface area contributed by atoms with E-state index in [0.29, 0.717) is 18.0 Å². The van der Waals surface area contributed by atoms with Gasteiger partial charge < -0.3 is 9.30 Å². The topological polar surface area (TPSA) is 69.9 Å². The quantitative estimate of drug-likeness (QED) is 0.457. The van der Waals surface area contributed by atoms with Crippen molar-refractivity contribution in [3.05, 3.63) is 65.1 Å². The number of ketones is 1. The van der Waals surface area contributed by atoms with Gasteiger partial charge in [-0.2, -0.15) is 0 Å². The first-order valence-electron chi connectivity index (χ1n) is 8.61. The number of hydrogen-bond acceptors (Lipinski definition) is 6. The first-order valence-corrected chi connectivity index (χ1v) is 9.49. The maximum absolute atomic E-state index is 12.7. The maximum atomic E-state index is 12.7. The van der Waals surface area contributed by atoms with Crippen LogP contribution < -0.4 is 4.74 Å². The molecule has 1 aromatic carbocycles. The van der Waals surface area contributed by atoms with Crippen molar-refractivity contribution in [1.82, 2.24) is 19.7 Å². The van der Waals surface area contributed by atoms with Gasteiger partial charge in [-0.3, -0.25) is 4.79 Å². The highest BCUT2D eigenvalue weighted by Gasteiger charge is 2.14. The predicted octanol–water partition coefficient (Wildman–Crippen LogP) is 3.81. The van der Waals surface area contributed by atoms with Crippen molar-refractivity contribution in [2.75, 3.05) is 7.11 Å². The zero-order valence-corrected chi connectivity index (χ0v) is 16.7. The summed E-state index contributed by atoms with van der Waals surface area (Å²) in [6, 6.07) is 11.7. The number of nitrogens with zero attached hydrogens (tertiary/aromatic N) is 4. The smallest absolute Gasteiger partial charge is 0.213 e. The van der Waals surface area contributed by atoms with Crippen LogP contribution in [0.1, 0.15) is 39.4 Å². The lowest BCUT2D eigenvalue weighted by Gasteiger charge is -2.12. The Morgan fingerprint density at radius 1 is 1.30 bits per heavy atom. The van der Waals surface area contributed by atoms with Gasteiger partial charge in [0.25, 0.3) is 0 Å². The minimum absolute atomic E-state index is 0.0252. The Hall–Kier alpha value is -2.67. The first kappa shape index (κ1) is 19.1. The van der Waals surface area contributed by atoms with Crippen LogP contribution >= 0.6 is 11.8 Å². The molecule has 0 unspecified atom stereocenters. The van der Waals surface area contributed by atoms with Gasteiger partial charge in [0.15, 0.2) is 10.9 Å². The van der Waals surface area contributed by atoms with E-state index in [9.17, 15) is 4.79 Å². The fraction of sp³-hybridized carbons (Fsp3) is 0.300. The van der Waals surface area contributed by atoms with Gasteiger partial charge in [0, 0.05) is 24.8 Å². The van der Waals surface area contributed by atoms with E-state index in [2.05, 4.69) is 34.2 Å². The highest BCUT2D eigenvalue weighted by atomic mass is 32.2. The SMILES string of the molecule is COc1cc(C)cc(C(=O)Cc2cccc([C@H](C)Sc3nncn3C)c2)n1. The van der Waals surface area contributed by atoms with Crippen molar-refractivity contribution in [3.8, 4) is 5.88 Å². The molecule has 7 heteroatoms. The molecule has 2 heterocycles. The van der Waals surface area contributed by atoms with Crippen LogP contribution in [0, 0.1) is 6.92 Å². The molecule has 1 atom stereocenters. The predicted molar refractivity (Wildman–Crippen MR) is 105 cm³/mol. The van der Waals surface area contributed by atoms with Crippen LogP contribution in [0.15, 0.2) is 47.9 Å². The first-order chi connectivity index (χ1) is 13.0. The Balaban J connectivity index is 1.74. The van der Waals surface area contributed by atoms with Crippen LogP contribution in [0.25, 0.3) is 0 Å². The van der Waals surface area contributed by atoms with E-state index < -0.39 is 0 Å². The molecule has 0 aliphatic carbocycles. The molecule has 0 radical (unpaired) electrons. The van der Waals surface area contributed by atoms with Crippen LogP contribution in [0.4, 0.5) is 0 Å². The van der Waals surface area contributed by atoms with E-state index in [1.54, 1.807) is 31.3 Å². The van der Waals surface area contributed by atoms with Crippen molar-refractivity contribution in [3.63, 3.8) is 0 Å². The fourth-order valence-corrected chi connectivity index (χ4v) is 3.63.